The molecule has 1 saturated carbocycles. The predicted molar refractivity (Wildman–Crippen MR) is 73.5 cm³/mol. The molecule has 106 valence electrons. The lowest BCUT2D eigenvalue weighted by Crippen LogP contribution is -2.45. The highest BCUT2D eigenvalue weighted by atomic mass is 16.5. The van der Waals surface area contributed by atoms with E-state index < -0.39 is 0 Å². The van der Waals surface area contributed by atoms with Gasteiger partial charge < -0.3 is 15.4 Å². The van der Waals surface area contributed by atoms with Crippen LogP contribution in [0.1, 0.15) is 44.9 Å². The van der Waals surface area contributed by atoms with Crippen LogP contribution in [0.15, 0.2) is 0 Å². The number of rotatable bonds is 8. The molecule has 0 aromatic carbocycles. The Morgan fingerprint density at radius 1 is 1.22 bits per heavy atom. The maximum Gasteiger partial charge on any atom is 0.224 e. The zero-order chi connectivity index (χ0) is 13.2. The van der Waals surface area contributed by atoms with E-state index in [1.165, 1.54) is 25.7 Å². The fourth-order valence-electron chi connectivity index (χ4n) is 2.71. The van der Waals surface area contributed by atoms with Crippen molar-refractivity contribution in [3.05, 3.63) is 0 Å². The van der Waals surface area contributed by atoms with Crippen molar-refractivity contribution in [2.45, 2.75) is 51.0 Å². The molecule has 0 spiro atoms. The van der Waals surface area contributed by atoms with Crippen molar-refractivity contribution in [2.24, 2.45) is 5.92 Å². The summed E-state index contributed by atoms with van der Waals surface area (Å²) in [7, 11) is 3.48. The zero-order valence-electron chi connectivity index (χ0n) is 11.8. The Labute approximate surface area is 111 Å². The molecule has 18 heavy (non-hydrogen) atoms. The largest absolute Gasteiger partial charge is 0.385 e. The van der Waals surface area contributed by atoms with Crippen molar-refractivity contribution < 1.29 is 9.53 Å². The second kappa shape index (κ2) is 9.34. The average Bonchev–Trinajstić information content (AvgIpc) is 2.42. The van der Waals surface area contributed by atoms with E-state index in [1.807, 2.05) is 0 Å². The fourth-order valence-corrected chi connectivity index (χ4v) is 2.71. The summed E-state index contributed by atoms with van der Waals surface area (Å²) in [5.41, 5.74) is 0. The van der Waals surface area contributed by atoms with Crippen molar-refractivity contribution in [3.63, 3.8) is 0 Å². The molecule has 4 nitrogen and oxygen atoms in total. The third-order valence-electron chi connectivity index (χ3n) is 3.78. The minimum Gasteiger partial charge on any atom is -0.385 e. The number of carbonyl (C=O) groups is 1. The van der Waals surface area contributed by atoms with E-state index in [0.29, 0.717) is 6.04 Å². The van der Waals surface area contributed by atoms with E-state index in [9.17, 15) is 4.79 Å². The van der Waals surface area contributed by atoms with Crippen LogP contribution in [0.3, 0.4) is 0 Å². The Hall–Kier alpha value is -0.610. The van der Waals surface area contributed by atoms with E-state index in [2.05, 4.69) is 10.6 Å². The normalized spacial score (nSPS) is 23.9. The highest BCUT2D eigenvalue weighted by molar-refractivity contribution is 5.79. The molecule has 1 fully saturated rings. The monoisotopic (exact) mass is 256 g/mol. The number of methoxy groups -OCH3 is 1. The Morgan fingerprint density at radius 2 is 2.00 bits per heavy atom. The highest BCUT2D eigenvalue weighted by Crippen LogP contribution is 2.24. The molecule has 0 aliphatic heterocycles. The highest BCUT2D eigenvalue weighted by Gasteiger charge is 2.29. The van der Waals surface area contributed by atoms with E-state index in [-0.39, 0.29) is 11.8 Å². The van der Waals surface area contributed by atoms with E-state index in [1.54, 1.807) is 14.2 Å². The van der Waals surface area contributed by atoms with Crippen LogP contribution >= 0.6 is 0 Å². The number of unbranched alkanes of at least 4 members (excludes halogenated alkanes) is 2. The van der Waals surface area contributed by atoms with E-state index in [4.69, 9.17) is 4.74 Å². The lowest BCUT2D eigenvalue weighted by molar-refractivity contribution is -0.126. The molecule has 0 bridgehead atoms. The molecule has 0 radical (unpaired) electrons. The molecule has 0 unspecified atom stereocenters. The molecule has 0 heterocycles. The first-order valence-electron chi connectivity index (χ1n) is 7.23. The van der Waals surface area contributed by atoms with Crippen LogP contribution < -0.4 is 10.6 Å². The smallest absolute Gasteiger partial charge is 0.224 e. The van der Waals surface area contributed by atoms with Gasteiger partial charge in [0, 0.05) is 26.8 Å². The predicted octanol–water partition coefficient (Wildman–Crippen LogP) is 1.70. The second-order valence-electron chi connectivity index (χ2n) is 5.12. The molecular formula is C14H28N2O2. The maximum atomic E-state index is 11.8. The average molecular weight is 256 g/mol. The Bertz CT molecular complexity index is 234. The zero-order valence-corrected chi connectivity index (χ0v) is 11.8. The molecule has 2 N–H and O–H groups in total. The van der Waals surface area contributed by atoms with Gasteiger partial charge in [0.2, 0.25) is 5.91 Å². The maximum absolute atomic E-state index is 11.8. The molecular weight excluding hydrogens is 228 g/mol. The fraction of sp³-hybridized carbons (Fsp3) is 0.929. The van der Waals surface area contributed by atoms with Crippen LogP contribution in [-0.2, 0) is 9.53 Å². The number of carbonyl (C=O) groups excluding carboxylic acids is 1. The number of hydrogen-bond donors (Lipinski definition) is 2. The molecule has 1 aliphatic carbocycles. The number of hydrogen-bond acceptors (Lipinski definition) is 3. The van der Waals surface area contributed by atoms with Crippen molar-refractivity contribution in [3.8, 4) is 0 Å². The summed E-state index contributed by atoms with van der Waals surface area (Å²) in [6, 6.07) is 0.376. The van der Waals surface area contributed by atoms with Crippen LogP contribution in [0.2, 0.25) is 0 Å². The minimum atomic E-state index is 0.169. The summed E-state index contributed by atoms with van der Waals surface area (Å²) in [6.45, 7) is 1.87. The quantitative estimate of drug-likeness (QED) is 0.650. The number of nitrogens with one attached hydrogen (secondary N) is 2. The van der Waals surface area contributed by atoms with Crippen LogP contribution in [0.5, 0.6) is 0 Å². The van der Waals surface area contributed by atoms with Crippen molar-refractivity contribution in [2.75, 3.05) is 27.3 Å². The van der Waals surface area contributed by atoms with E-state index in [0.717, 1.165) is 32.4 Å². The summed E-state index contributed by atoms with van der Waals surface area (Å²) in [6.07, 6.45) is 8.08. The molecule has 0 aromatic heterocycles. The minimum absolute atomic E-state index is 0.169. The van der Waals surface area contributed by atoms with Gasteiger partial charge in [0.1, 0.15) is 0 Å². The third kappa shape index (κ3) is 5.36. The lowest BCUT2D eigenvalue weighted by atomic mass is 9.84. The summed E-state index contributed by atoms with van der Waals surface area (Å²) < 4.78 is 5.03. The van der Waals surface area contributed by atoms with Crippen LogP contribution in [0.25, 0.3) is 0 Å². The van der Waals surface area contributed by atoms with Crippen molar-refractivity contribution in [1.82, 2.24) is 10.6 Å². The van der Waals surface area contributed by atoms with Gasteiger partial charge in [-0.1, -0.05) is 12.8 Å². The first-order valence-corrected chi connectivity index (χ1v) is 7.23. The van der Waals surface area contributed by atoms with Gasteiger partial charge in [-0.3, -0.25) is 4.79 Å². The summed E-state index contributed by atoms with van der Waals surface area (Å²) in [5, 5.41) is 6.35. The molecule has 0 aromatic rings. The van der Waals surface area contributed by atoms with Crippen molar-refractivity contribution in [1.29, 1.82) is 0 Å². The van der Waals surface area contributed by atoms with Gasteiger partial charge in [-0.2, -0.15) is 0 Å². The van der Waals surface area contributed by atoms with Gasteiger partial charge in [0.15, 0.2) is 0 Å². The second-order valence-corrected chi connectivity index (χ2v) is 5.12. The van der Waals surface area contributed by atoms with Crippen LogP contribution in [-0.4, -0.2) is 39.3 Å². The summed E-state index contributed by atoms with van der Waals surface area (Å²) >= 11 is 0. The summed E-state index contributed by atoms with van der Waals surface area (Å²) in [5.74, 6) is 0.370. The first kappa shape index (κ1) is 15.4. The van der Waals surface area contributed by atoms with Crippen LogP contribution in [0.4, 0.5) is 0 Å². The van der Waals surface area contributed by atoms with Crippen LogP contribution in [0, 0.1) is 5.92 Å². The number of amides is 1. The SMILES string of the molecule is CNC(=O)[C@H]1CCCC[C@@H]1NCCCCCOC. The van der Waals surface area contributed by atoms with Gasteiger partial charge in [0.05, 0.1) is 5.92 Å². The standard InChI is InChI=1S/C14H28N2O2/c1-15-14(17)12-8-4-5-9-13(12)16-10-6-3-7-11-18-2/h12-13,16H,3-11H2,1-2H3,(H,15,17)/t12-,13-/m0/s1. The van der Waals surface area contributed by atoms with Gasteiger partial charge >= 0.3 is 0 Å². The van der Waals surface area contributed by atoms with Gasteiger partial charge in [-0.05, 0) is 38.6 Å². The molecule has 1 aliphatic rings. The lowest BCUT2D eigenvalue weighted by Gasteiger charge is -2.31. The first-order chi connectivity index (χ1) is 8.79. The van der Waals surface area contributed by atoms with Gasteiger partial charge in [0.25, 0.3) is 0 Å². The Morgan fingerprint density at radius 3 is 2.72 bits per heavy atom. The Balaban J connectivity index is 2.19. The van der Waals surface area contributed by atoms with Gasteiger partial charge in [-0.25, -0.2) is 0 Å². The summed E-state index contributed by atoms with van der Waals surface area (Å²) in [4.78, 5) is 11.8. The van der Waals surface area contributed by atoms with Crippen molar-refractivity contribution >= 4 is 5.91 Å². The topological polar surface area (TPSA) is 50.4 Å². The Kier molecular flexibility index (Phi) is 8.01. The number of ether oxygens (including phenoxy) is 1. The molecule has 4 heteroatoms. The molecule has 1 amide bonds. The molecule has 2 atom stereocenters. The molecule has 0 saturated heterocycles. The van der Waals surface area contributed by atoms with E-state index >= 15 is 0 Å². The van der Waals surface area contributed by atoms with Gasteiger partial charge in [-0.15, -0.1) is 0 Å². The third-order valence-corrected chi connectivity index (χ3v) is 3.78. The molecule has 1 rings (SSSR count).